The Hall–Kier alpha value is -1.17. The molecular weight excluding hydrogens is 264 g/mol. The third-order valence-electron chi connectivity index (χ3n) is 2.55. The second-order valence-corrected chi connectivity index (χ2v) is 6.21. The van der Waals surface area contributed by atoms with E-state index in [1.54, 1.807) is 29.6 Å². The van der Waals surface area contributed by atoms with Crippen LogP contribution >= 0.6 is 22.7 Å². The Labute approximate surface area is 115 Å². The van der Waals surface area contributed by atoms with Crippen LogP contribution < -0.4 is 5.73 Å². The van der Waals surface area contributed by atoms with E-state index in [0.29, 0.717) is 13.1 Å². The van der Waals surface area contributed by atoms with E-state index in [9.17, 15) is 4.79 Å². The molecule has 2 rings (SSSR count). The van der Waals surface area contributed by atoms with Gasteiger partial charge in [0, 0.05) is 9.75 Å². The van der Waals surface area contributed by atoms with Crippen LogP contribution in [0.3, 0.4) is 0 Å². The second kappa shape index (κ2) is 6.13. The molecular formula is C13H16N2OS2. The summed E-state index contributed by atoms with van der Waals surface area (Å²) >= 11 is 3.32. The Morgan fingerprint density at radius 1 is 1.22 bits per heavy atom. The molecule has 1 atom stereocenters. The number of nitrogens with zero attached hydrogens (tertiary/aromatic N) is 1. The van der Waals surface area contributed by atoms with Gasteiger partial charge in [-0.3, -0.25) is 4.79 Å². The Morgan fingerprint density at radius 2 is 1.72 bits per heavy atom. The molecule has 2 aromatic rings. The Balaban J connectivity index is 2.09. The highest BCUT2D eigenvalue weighted by atomic mass is 32.1. The molecule has 0 aliphatic carbocycles. The quantitative estimate of drug-likeness (QED) is 0.915. The van der Waals surface area contributed by atoms with Gasteiger partial charge < -0.3 is 10.6 Å². The highest BCUT2D eigenvalue weighted by Gasteiger charge is 2.18. The predicted octanol–water partition coefficient (Wildman–Crippen LogP) is 2.69. The van der Waals surface area contributed by atoms with E-state index >= 15 is 0 Å². The largest absolute Gasteiger partial charge is 0.331 e. The lowest BCUT2D eigenvalue weighted by molar-refractivity contribution is -0.133. The first kappa shape index (κ1) is 13.3. The van der Waals surface area contributed by atoms with Crippen molar-refractivity contribution in [3.8, 4) is 0 Å². The summed E-state index contributed by atoms with van der Waals surface area (Å²) in [7, 11) is 0. The van der Waals surface area contributed by atoms with Crippen LogP contribution in [0.15, 0.2) is 35.0 Å². The van der Waals surface area contributed by atoms with Gasteiger partial charge in [0.05, 0.1) is 19.1 Å². The molecule has 2 aromatic heterocycles. The SMILES string of the molecule is C[C@H](N)C(=O)N(Cc1cccs1)Cc1cccs1. The summed E-state index contributed by atoms with van der Waals surface area (Å²) in [6.07, 6.45) is 0. The zero-order valence-electron chi connectivity index (χ0n) is 10.2. The van der Waals surface area contributed by atoms with E-state index in [-0.39, 0.29) is 5.91 Å². The van der Waals surface area contributed by atoms with Gasteiger partial charge in [0.2, 0.25) is 5.91 Å². The van der Waals surface area contributed by atoms with E-state index in [4.69, 9.17) is 5.73 Å². The second-order valence-electron chi connectivity index (χ2n) is 4.14. The van der Waals surface area contributed by atoms with Crippen molar-refractivity contribution in [1.29, 1.82) is 0 Å². The monoisotopic (exact) mass is 280 g/mol. The maximum Gasteiger partial charge on any atom is 0.239 e. The summed E-state index contributed by atoms with van der Waals surface area (Å²) in [5.74, 6) is -0.00296. The normalized spacial score (nSPS) is 12.3. The van der Waals surface area contributed by atoms with Gasteiger partial charge in [0.25, 0.3) is 0 Å². The van der Waals surface area contributed by atoms with Crippen LogP contribution in [-0.4, -0.2) is 16.8 Å². The van der Waals surface area contributed by atoms with Crippen LogP contribution in [0.5, 0.6) is 0 Å². The third-order valence-corrected chi connectivity index (χ3v) is 4.28. The first-order chi connectivity index (χ1) is 8.66. The first-order valence-corrected chi connectivity index (χ1v) is 7.52. The maximum absolute atomic E-state index is 12.1. The van der Waals surface area contributed by atoms with Gasteiger partial charge in [-0.15, -0.1) is 22.7 Å². The standard InChI is InChI=1S/C13H16N2OS2/c1-10(14)13(16)15(8-11-4-2-6-17-11)9-12-5-3-7-18-12/h2-7,10H,8-9,14H2,1H3/t10-/m0/s1. The van der Waals surface area contributed by atoms with Gasteiger partial charge >= 0.3 is 0 Å². The Morgan fingerprint density at radius 3 is 2.06 bits per heavy atom. The van der Waals surface area contributed by atoms with Crippen molar-refractivity contribution in [2.45, 2.75) is 26.1 Å². The van der Waals surface area contributed by atoms with E-state index in [1.807, 2.05) is 39.9 Å². The molecule has 0 unspecified atom stereocenters. The molecule has 18 heavy (non-hydrogen) atoms. The zero-order chi connectivity index (χ0) is 13.0. The fraction of sp³-hybridized carbons (Fsp3) is 0.308. The average molecular weight is 280 g/mol. The van der Waals surface area contributed by atoms with Crippen molar-refractivity contribution in [3.63, 3.8) is 0 Å². The number of rotatable bonds is 5. The molecule has 2 N–H and O–H groups in total. The summed E-state index contributed by atoms with van der Waals surface area (Å²) in [6.45, 7) is 3.00. The van der Waals surface area contributed by atoms with Crippen LogP contribution in [0, 0.1) is 0 Å². The molecule has 0 radical (unpaired) electrons. The van der Waals surface area contributed by atoms with E-state index in [2.05, 4.69) is 0 Å². The summed E-state index contributed by atoms with van der Waals surface area (Å²) in [4.78, 5) is 16.3. The summed E-state index contributed by atoms with van der Waals surface area (Å²) in [5.41, 5.74) is 5.71. The Bertz CT molecular complexity index is 441. The molecule has 96 valence electrons. The number of thiophene rings is 2. The van der Waals surface area contributed by atoms with Gasteiger partial charge in [-0.05, 0) is 29.8 Å². The highest BCUT2D eigenvalue weighted by Crippen LogP contribution is 2.17. The fourth-order valence-corrected chi connectivity index (χ4v) is 3.12. The van der Waals surface area contributed by atoms with Gasteiger partial charge in [-0.1, -0.05) is 12.1 Å². The summed E-state index contributed by atoms with van der Waals surface area (Å²) in [6, 6.07) is 7.63. The topological polar surface area (TPSA) is 46.3 Å². The molecule has 0 saturated heterocycles. The summed E-state index contributed by atoms with van der Waals surface area (Å²) < 4.78 is 0. The minimum Gasteiger partial charge on any atom is -0.331 e. The van der Waals surface area contributed by atoms with Crippen molar-refractivity contribution >= 4 is 28.6 Å². The van der Waals surface area contributed by atoms with E-state index < -0.39 is 6.04 Å². The smallest absolute Gasteiger partial charge is 0.239 e. The molecule has 1 amide bonds. The molecule has 0 aliphatic heterocycles. The van der Waals surface area contributed by atoms with Crippen molar-refractivity contribution < 1.29 is 4.79 Å². The van der Waals surface area contributed by atoms with Crippen LogP contribution in [0.2, 0.25) is 0 Å². The first-order valence-electron chi connectivity index (χ1n) is 5.76. The molecule has 0 aliphatic rings. The summed E-state index contributed by atoms with van der Waals surface area (Å²) in [5, 5.41) is 4.05. The van der Waals surface area contributed by atoms with Crippen molar-refractivity contribution in [3.05, 3.63) is 44.8 Å². The molecule has 5 heteroatoms. The lowest BCUT2D eigenvalue weighted by Crippen LogP contribution is -2.41. The minimum absolute atomic E-state index is 0.00296. The van der Waals surface area contributed by atoms with Crippen LogP contribution in [-0.2, 0) is 17.9 Å². The number of hydrogen-bond acceptors (Lipinski definition) is 4. The van der Waals surface area contributed by atoms with Crippen LogP contribution in [0.1, 0.15) is 16.7 Å². The van der Waals surface area contributed by atoms with Gasteiger partial charge in [-0.25, -0.2) is 0 Å². The van der Waals surface area contributed by atoms with Crippen LogP contribution in [0.25, 0.3) is 0 Å². The minimum atomic E-state index is -0.454. The average Bonchev–Trinajstić information content (AvgIpc) is 2.99. The van der Waals surface area contributed by atoms with Gasteiger partial charge in [0.1, 0.15) is 0 Å². The lowest BCUT2D eigenvalue weighted by atomic mass is 10.2. The van der Waals surface area contributed by atoms with Crippen molar-refractivity contribution in [2.24, 2.45) is 5.73 Å². The molecule has 0 spiro atoms. The number of carbonyl (C=O) groups is 1. The number of hydrogen-bond donors (Lipinski definition) is 1. The lowest BCUT2D eigenvalue weighted by Gasteiger charge is -2.23. The molecule has 0 fully saturated rings. The van der Waals surface area contributed by atoms with Gasteiger partial charge in [0.15, 0.2) is 0 Å². The highest BCUT2D eigenvalue weighted by molar-refractivity contribution is 7.10. The molecule has 0 bridgehead atoms. The number of carbonyl (C=O) groups excluding carboxylic acids is 1. The van der Waals surface area contributed by atoms with E-state index in [0.717, 1.165) is 0 Å². The molecule has 3 nitrogen and oxygen atoms in total. The molecule has 0 aromatic carbocycles. The van der Waals surface area contributed by atoms with Crippen LogP contribution in [0.4, 0.5) is 0 Å². The number of amides is 1. The third kappa shape index (κ3) is 3.41. The molecule has 0 saturated carbocycles. The zero-order valence-corrected chi connectivity index (χ0v) is 11.8. The van der Waals surface area contributed by atoms with Crippen molar-refractivity contribution in [2.75, 3.05) is 0 Å². The number of nitrogens with two attached hydrogens (primary N) is 1. The fourth-order valence-electron chi connectivity index (χ4n) is 1.68. The van der Waals surface area contributed by atoms with E-state index in [1.165, 1.54) is 9.75 Å². The Kier molecular flexibility index (Phi) is 4.52. The van der Waals surface area contributed by atoms with Gasteiger partial charge in [-0.2, -0.15) is 0 Å². The predicted molar refractivity (Wildman–Crippen MR) is 76.5 cm³/mol. The maximum atomic E-state index is 12.1. The molecule has 2 heterocycles. The van der Waals surface area contributed by atoms with Crippen molar-refractivity contribution in [1.82, 2.24) is 4.90 Å².